The average Bonchev–Trinajstić information content (AvgIpc) is 2.21. The van der Waals surface area contributed by atoms with Crippen LogP contribution in [0, 0.1) is 6.92 Å². The van der Waals surface area contributed by atoms with E-state index in [1.807, 2.05) is 11.8 Å². The van der Waals surface area contributed by atoms with Crippen LogP contribution < -0.4 is 5.73 Å². The summed E-state index contributed by atoms with van der Waals surface area (Å²) in [6, 6.07) is 6.29. The fraction of sp³-hybridized carbons (Fsp3) is 0.417. The minimum atomic E-state index is 0.365. The van der Waals surface area contributed by atoms with E-state index in [4.69, 9.17) is 5.73 Å². The van der Waals surface area contributed by atoms with Gasteiger partial charge < -0.3 is 5.73 Å². The molecule has 2 rings (SSSR count). The van der Waals surface area contributed by atoms with Crippen molar-refractivity contribution in [3.63, 3.8) is 0 Å². The molecular weight excluding hydrogens is 204 g/mol. The lowest BCUT2D eigenvalue weighted by atomic mass is 10.2. The molecule has 0 amide bonds. The first-order chi connectivity index (χ1) is 7.22. The molecule has 1 aromatic rings. The zero-order valence-electron chi connectivity index (χ0n) is 9.16. The van der Waals surface area contributed by atoms with Crippen LogP contribution in [0.2, 0.25) is 0 Å². The third-order valence-electron chi connectivity index (χ3n) is 2.59. The molecule has 2 N–H and O–H groups in total. The molecule has 80 valence electrons. The van der Waals surface area contributed by atoms with E-state index in [-0.39, 0.29) is 0 Å². The second-order valence-electron chi connectivity index (χ2n) is 3.85. The second-order valence-corrected chi connectivity index (χ2v) is 5.10. The van der Waals surface area contributed by atoms with Gasteiger partial charge in [-0.05, 0) is 25.0 Å². The summed E-state index contributed by atoms with van der Waals surface area (Å²) in [5.74, 6) is 0.781. The van der Waals surface area contributed by atoms with Crippen molar-refractivity contribution in [2.75, 3.05) is 0 Å². The van der Waals surface area contributed by atoms with Gasteiger partial charge in [0.2, 0.25) is 0 Å². The predicted octanol–water partition coefficient (Wildman–Crippen LogP) is 3.26. The summed E-state index contributed by atoms with van der Waals surface area (Å²) in [4.78, 5) is 5.79. The van der Waals surface area contributed by atoms with Crippen LogP contribution in [0.15, 0.2) is 28.1 Å². The van der Waals surface area contributed by atoms with Crippen molar-refractivity contribution in [2.45, 2.75) is 36.8 Å². The van der Waals surface area contributed by atoms with Gasteiger partial charge >= 0.3 is 0 Å². The number of hydrogen-bond donors (Lipinski definition) is 1. The largest absolute Gasteiger partial charge is 0.386 e. The Labute approximate surface area is 95.0 Å². The van der Waals surface area contributed by atoms with Crippen LogP contribution in [0.4, 0.5) is 5.69 Å². The minimum Gasteiger partial charge on any atom is -0.386 e. The molecule has 3 heteroatoms. The Morgan fingerprint density at radius 1 is 1.47 bits per heavy atom. The molecule has 15 heavy (non-hydrogen) atoms. The number of aryl methyl sites for hydroxylation is 1. The zero-order valence-corrected chi connectivity index (χ0v) is 9.97. The third kappa shape index (κ3) is 2.02. The van der Waals surface area contributed by atoms with Gasteiger partial charge in [0, 0.05) is 4.90 Å². The average molecular weight is 220 g/mol. The summed E-state index contributed by atoms with van der Waals surface area (Å²) in [7, 11) is 0. The topological polar surface area (TPSA) is 38.4 Å². The van der Waals surface area contributed by atoms with E-state index in [2.05, 4.69) is 37.0 Å². The van der Waals surface area contributed by atoms with Crippen LogP contribution in [0.5, 0.6) is 0 Å². The number of benzene rings is 1. The Bertz CT molecular complexity index is 399. The van der Waals surface area contributed by atoms with E-state index in [0.29, 0.717) is 5.25 Å². The molecule has 1 aliphatic heterocycles. The number of hydrogen-bond acceptors (Lipinski definition) is 3. The van der Waals surface area contributed by atoms with Gasteiger partial charge in [0.25, 0.3) is 0 Å². The molecule has 1 unspecified atom stereocenters. The minimum absolute atomic E-state index is 0.365. The van der Waals surface area contributed by atoms with Crippen LogP contribution >= 0.6 is 11.8 Å². The molecule has 0 aliphatic carbocycles. The van der Waals surface area contributed by atoms with Gasteiger partial charge in [0.15, 0.2) is 0 Å². The summed E-state index contributed by atoms with van der Waals surface area (Å²) in [6.45, 7) is 4.26. The Hall–Kier alpha value is -0.960. The first kappa shape index (κ1) is 10.6. The number of aliphatic imine (C=N–C) groups is 1. The molecule has 0 saturated carbocycles. The molecule has 1 atom stereocenters. The van der Waals surface area contributed by atoms with Gasteiger partial charge in [-0.3, -0.25) is 0 Å². The van der Waals surface area contributed by atoms with E-state index >= 15 is 0 Å². The van der Waals surface area contributed by atoms with Crippen LogP contribution in [-0.2, 0) is 0 Å². The molecule has 0 fully saturated rings. The number of thioether (sulfide) groups is 1. The third-order valence-corrected chi connectivity index (χ3v) is 3.94. The number of nitrogens with two attached hydrogens (primary N) is 1. The van der Waals surface area contributed by atoms with Gasteiger partial charge in [-0.15, -0.1) is 11.8 Å². The highest BCUT2D eigenvalue weighted by molar-refractivity contribution is 8.00. The number of nitrogens with zero attached hydrogens (tertiary/aromatic N) is 1. The number of fused-ring (bicyclic) bond motifs is 1. The second kappa shape index (κ2) is 4.27. The highest BCUT2D eigenvalue weighted by Gasteiger charge is 2.21. The van der Waals surface area contributed by atoms with Crippen LogP contribution in [0.25, 0.3) is 0 Å². The highest BCUT2D eigenvalue weighted by atomic mass is 32.2. The van der Waals surface area contributed by atoms with Crippen molar-refractivity contribution >= 4 is 23.3 Å². The molecule has 2 nitrogen and oxygen atoms in total. The van der Waals surface area contributed by atoms with Crippen molar-refractivity contribution in [3.05, 3.63) is 23.8 Å². The summed E-state index contributed by atoms with van der Waals surface area (Å²) < 4.78 is 0. The molecule has 0 radical (unpaired) electrons. The van der Waals surface area contributed by atoms with Gasteiger partial charge in [-0.1, -0.05) is 25.5 Å². The smallest absolute Gasteiger partial charge is 0.113 e. The molecule has 0 aromatic heterocycles. The monoisotopic (exact) mass is 220 g/mol. The number of amidine groups is 1. The Morgan fingerprint density at radius 2 is 2.27 bits per heavy atom. The van der Waals surface area contributed by atoms with Gasteiger partial charge in [0.05, 0.1) is 10.9 Å². The van der Waals surface area contributed by atoms with Gasteiger partial charge in [-0.25, -0.2) is 4.99 Å². The Balaban J connectivity index is 2.36. The van der Waals surface area contributed by atoms with Crippen LogP contribution in [0.1, 0.15) is 25.3 Å². The summed E-state index contributed by atoms with van der Waals surface area (Å²) in [6.07, 6.45) is 2.25. The summed E-state index contributed by atoms with van der Waals surface area (Å²) in [5.41, 5.74) is 8.25. The number of rotatable bonds is 2. The van der Waals surface area contributed by atoms with E-state index in [0.717, 1.165) is 24.4 Å². The van der Waals surface area contributed by atoms with Crippen molar-refractivity contribution in [3.8, 4) is 0 Å². The van der Waals surface area contributed by atoms with E-state index in [1.54, 1.807) is 0 Å². The van der Waals surface area contributed by atoms with Crippen molar-refractivity contribution in [1.82, 2.24) is 0 Å². The fourth-order valence-corrected chi connectivity index (χ4v) is 3.06. The predicted molar refractivity (Wildman–Crippen MR) is 67.0 cm³/mol. The first-order valence-electron chi connectivity index (χ1n) is 5.32. The van der Waals surface area contributed by atoms with E-state index in [1.165, 1.54) is 10.5 Å². The van der Waals surface area contributed by atoms with E-state index in [9.17, 15) is 0 Å². The van der Waals surface area contributed by atoms with Crippen LogP contribution in [-0.4, -0.2) is 11.1 Å². The quantitative estimate of drug-likeness (QED) is 0.830. The summed E-state index contributed by atoms with van der Waals surface area (Å²) in [5, 5.41) is 0.365. The maximum absolute atomic E-state index is 5.98. The lowest BCUT2D eigenvalue weighted by Gasteiger charge is -2.22. The van der Waals surface area contributed by atoms with Crippen molar-refractivity contribution < 1.29 is 0 Å². The Kier molecular flexibility index (Phi) is 3.00. The maximum atomic E-state index is 5.98. The van der Waals surface area contributed by atoms with Crippen LogP contribution in [0.3, 0.4) is 0 Å². The Morgan fingerprint density at radius 3 is 3.00 bits per heavy atom. The lowest BCUT2D eigenvalue weighted by molar-refractivity contribution is 0.839. The van der Waals surface area contributed by atoms with Gasteiger partial charge in [0.1, 0.15) is 5.84 Å². The molecule has 0 bridgehead atoms. The normalized spacial score (nSPS) is 19.6. The lowest BCUT2D eigenvalue weighted by Crippen LogP contribution is -2.27. The molecular formula is C12H16N2S. The maximum Gasteiger partial charge on any atom is 0.113 e. The zero-order chi connectivity index (χ0) is 10.8. The highest BCUT2D eigenvalue weighted by Crippen LogP contribution is 2.40. The van der Waals surface area contributed by atoms with E-state index < -0.39 is 0 Å². The fourth-order valence-electron chi connectivity index (χ4n) is 1.75. The summed E-state index contributed by atoms with van der Waals surface area (Å²) >= 11 is 1.85. The first-order valence-corrected chi connectivity index (χ1v) is 6.20. The molecule has 1 aromatic carbocycles. The molecule has 0 spiro atoms. The van der Waals surface area contributed by atoms with Gasteiger partial charge in [-0.2, -0.15) is 0 Å². The SMILES string of the molecule is CCCC1Sc2cccc(C)c2N=C1N. The molecule has 0 saturated heterocycles. The standard InChI is InChI=1S/C12H16N2S/c1-3-5-10-12(13)14-11-8(2)6-4-7-9(11)15-10/h4,6-7,10H,3,5H2,1-2H3,(H2,13,14). The molecule has 1 aliphatic rings. The molecule has 1 heterocycles. The van der Waals surface area contributed by atoms with Crippen molar-refractivity contribution in [1.29, 1.82) is 0 Å². The number of para-hydroxylation sites is 1. The van der Waals surface area contributed by atoms with Crippen molar-refractivity contribution in [2.24, 2.45) is 10.7 Å².